The molecule has 0 atom stereocenters. The Labute approximate surface area is 80.7 Å². The summed E-state index contributed by atoms with van der Waals surface area (Å²) < 4.78 is 0. The van der Waals surface area contributed by atoms with E-state index in [2.05, 4.69) is 10.3 Å². The van der Waals surface area contributed by atoms with Crippen LogP contribution in [-0.4, -0.2) is 35.3 Å². The Balaban J connectivity index is 2.52. The maximum atomic E-state index is 11.7. The topological polar surface area (TPSA) is 62.3 Å². The molecule has 5 heteroatoms. The number of carbonyl (C=O) groups excluding carboxylic acids is 2. The van der Waals surface area contributed by atoms with Gasteiger partial charge in [-0.3, -0.25) is 14.6 Å². The number of fused-ring (bicyclic) bond motifs is 1. The number of nitrogens with one attached hydrogen (secondary N) is 1. The quantitative estimate of drug-likeness (QED) is 0.632. The van der Waals surface area contributed by atoms with Gasteiger partial charge in [0.05, 0.1) is 17.8 Å². The van der Waals surface area contributed by atoms with Crippen molar-refractivity contribution in [1.82, 2.24) is 9.88 Å². The molecule has 0 aliphatic carbocycles. The highest BCUT2D eigenvalue weighted by Crippen LogP contribution is 2.17. The van der Waals surface area contributed by atoms with Gasteiger partial charge < -0.3 is 10.2 Å². The second-order valence-corrected chi connectivity index (χ2v) is 3.13. The van der Waals surface area contributed by atoms with E-state index in [9.17, 15) is 9.59 Å². The fourth-order valence-electron chi connectivity index (χ4n) is 1.36. The number of nitrogens with zero attached hydrogens (tertiary/aromatic N) is 2. The third-order valence-electron chi connectivity index (χ3n) is 2.05. The number of hydrogen-bond acceptors (Lipinski definition) is 3. The van der Waals surface area contributed by atoms with Gasteiger partial charge >= 0.3 is 0 Å². The molecule has 0 saturated heterocycles. The van der Waals surface area contributed by atoms with Crippen LogP contribution in [0.15, 0.2) is 18.5 Å². The van der Waals surface area contributed by atoms with Crippen molar-refractivity contribution in [3.05, 3.63) is 24.0 Å². The van der Waals surface area contributed by atoms with Crippen molar-refractivity contribution in [2.45, 2.75) is 0 Å². The van der Waals surface area contributed by atoms with Crippen LogP contribution < -0.4 is 5.32 Å². The fraction of sp³-hybridized carbons (Fsp3) is 0.222. The predicted octanol–water partition coefficient (Wildman–Crippen LogP) is 0.106. The lowest BCUT2D eigenvalue weighted by atomic mass is 10.2. The maximum Gasteiger partial charge on any atom is 0.257 e. The number of aromatic nitrogens is 1. The number of likely N-dealkylation sites (N-methyl/N-ethyl adjacent to an activating group) is 1. The zero-order valence-corrected chi connectivity index (χ0v) is 7.65. The molecule has 2 amide bonds. The van der Waals surface area contributed by atoms with Crippen LogP contribution in [0.5, 0.6) is 0 Å². The van der Waals surface area contributed by atoms with Gasteiger partial charge in [-0.15, -0.1) is 0 Å². The fourth-order valence-corrected chi connectivity index (χ4v) is 1.36. The standard InChI is InChI=1S/C9H9N3O2/c1-12-5-8(13)11-7-2-3-10-4-6(7)9(12)14/h2-4H,5H2,1H3,(H,11,13). The molecule has 0 bridgehead atoms. The largest absolute Gasteiger partial charge is 0.332 e. The van der Waals surface area contributed by atoms with Crippen molar-refractivity contribution in [2.75, 3.05) is 18.9 Å². The van der Waals surface area contributed by atoms with E-state index in [1.54, 1.807) is 13.1 Å². The number of pyridine rings is 1. The van der Waals surface area contributed by atoms with E-state index in [-0.39, 0.29) is 18.4 Å². The molecule has 2 rings (SSSR count). The van der Waals surface area contributed by atoms with Gasteiger partial charge in [0, 0.05) is 19.4 Å². The minimum Gasteiger partial charge on any atom is -0.332 e. The molecule has 1 N–H and O–H groups in total. The normalized spacial score (nSPS) is 15.9. The summed E-state index contributed by atoms with van der Waals surface area (Å²) in [5.74, 6) is -0.378. The highest BCUT2D eigenvalue weighted by atomic mass is 16.2. The first-order valence-corrected chi connectivity index (χ1v) is 4.18. The Bertz CT molecular complexity index is 403. The van der Waals surface area contributed by atoms with Crippen LogP contribution in [0, 0.1) is 0 Å². The maximum absolute atomic E-state index is 11.7. The number of hydrogen-bond donors (Lipinski definition) is 1. The van der Waals surface area contributed by atoms with Crippen molar-refractivity contribution >= 4 is 17.5 Å². The Morgan fingerprint density at radius 1 is 1.50 bits per heavy atom. The SMILES string of the molecule is CN1CC(=O)Nc2ccncc2C1=O. The van der Waals surface area contributed by atoms with Crippen LogP contribution in [0.25, 0.3) is 0 Å². The molecule has 5 nitrogen and oxygen atoms in total. The second kappa shape index (κ2) is 3.10. The lowest BCUT2D eigenvalue weighted by Gasteiger charge is -2.11. The number of rotatable bonds is 0. The van der Waals surface area contributed by atoms with Crippen molar-refractivity contribution in [1.29, 1.82) is 0 Å². The molecule has 72 valence electrons. The molecule has 0 unspecified atom stereocenters. The molecule has 0 fully saturated rings. The summed E-state index contributed by atoms with van der Waals surface area (Å²) in [7, 11) is 1.59. The van der Waals surface area contributed by atoms with Gasteiger partial charge in [0.2, 0.25) is 5.91 Å². The number of anilines is 1. The first kappa shape index (κ1) is 8.68. The Hall–Kier alpha value is -1.91. The number of carbonyl (C=O) groups is 2. The van der Waals surface area contributed by atoms with Gasteiger partial charge in [0.1, 0.15) is 0 Å². The third-order valence-corrected chi connectivity index (χ3v) is 2.05. The van der Waals surface area contributed by atoms with Crippen molar-refractivity contribution in [2.24, 2.45) is 0 Å². The summed E-state index contributed by atoms with van der Waals surface area (Å²) >= 11 is 0. The first-order chi connectivity index (χ1) is 6.68. The van der Waals surface area contributed by atoms with Crippen LogP contribution >= 0.6 is 0 Å². The van der Waals surface area contributed by atoms with Gasteiger partial charge in [-0.1, -0.05) is 0 Å². The van der Waals surface area contributed by atoms with Crippen molar-refractivity contribution < 1.29 is 9.59 Å². The van der Waals surface area contributed by atoms with Crippen molar-refractivity contribution in [3.63, 3.8) is 0 Å². The van der Waals surface area contributed by atoms with E-state index in [0.717, 1.165) is 0 Å². The lowest BCUT2D eigenvalue weighted by Crippen LogP contribution is -2.31. The highest BCUT2D eigenvalue weighted by Gasteiger charge is 2.23. The van der Waals surface area contributed by atoms with Gasteiger partial charge in [0.25, 0.3) is 5.91 Å². The Morgan fingerprint density at radius 2 is 2.29 bits per heavy atom. The van der Waals surface area contributed by atoms with Crippen LogP contribution in [0.3, 0.4) is 0 Å². The summed E-state index contributed by atoms with van der Waals surface area (Å²) in [5.41, 5.74) is 0.959. The van der Waals surface area contributed by atoms with E-state index in [1.165, 1.54) is 17.3 Å². The lowest BCUT2D eigenvalue weighted by molar-refractivity contribution is -0.116. The molecular weight excluding hydrogens is 182 g/mol. The molecule has 1 aliphatic rings. The third kappa shape index (κ3) is 1.32. The number of amides is 2. The minimum absolute atomic E-state index is 0.0769. The summed E-state index contributed by atoms with van der Waals surface area (Å²) in [4.78, 5) is 28.2. The average molecular weight is 191 g/mol. The van der Waals surface area contributed by atoms with Gasteiger partial charge in [0.15, 0.2) is 0 Å². The van der Waals surface area contributed by atoms with Gasteiger partial charge in [-0.25, -0.2) is 0 Å². The van der Waals surface area contributed by atoms with E-state index in [1.807, 2.05) is 0 Å². The summed E-state index contributed by atoms with van der Waals surface area (Å²) in [5, 5.41) is 2.64. The van der Waals surface area contributed by atoms with E-state index in [0.29, 0.717) is 11.3 Å². The predicted molar refractivity (Wildman–Crippen MR) is 49.8 cm³/mol. The summed E-state index contributed by atoms with van der Waals surface area (Å²) in [6, 6.07) is 1.62. The molecular formula is C9H9N3O2. The summed E-state index contributed by atoms with van der Waals surface area (Å²) in [6.45, 7) is 0.0769. The molecule has 1 aromatic heterocycles. The minimum atomic E-state index is -0.189. The van der Waals surface area contributed by atoms with Crippen LogP contribution in [0.1, 0.15) is 10.4 Å². The Kier molecular flexibility index (Phi) is 1.92. The molecule has 14 heavy (non-hydrogen) atoms. The molecule has 2 heterocycles. The molecule has 0 spiro atoms. The molecule has 0 saturated carbocycles. The molecule has 1 aliphatic heterocycles. The Morgan fingerprint density at radius 3 is 3.07 bits per heavy atom. The first-order valence-electron chi connectivity index (χ1n) is 4.18. The van der Waals surface area contributed by atoms with E-state index in [4.69, 9.17) is 0 Å². The van der Waals surface area contributed by atoms with E-state index < -0.39 is 0 Å². The van der Waals surface area contributed by atoms with Crippen molar-refractivity contribution in [3.8, 4) is 0 Å². The van der Waals surface area contributed by atoms with Crippen LogP contribution in [0.4, 0.5) is 5.69 Å². The molecule has 1 aromatic rings. The van der Waals surface area contributed by atoms with Crippen LogP contribution in [-0.2, 0) is 4.79 Å². The van der Waals surface area contributed by atoms with E-state index >= 15 is 0 Å². The monoisotopic (exact) mass is 191 g/mol. The highest BCUT2D eigenvalue weighted by molar-refractivity contribution is 6.08. The zero-order valence-electron chi connectivity index (χ0n) is 7.65. The zero-order chi connectivity index (χ0) is 10.1. The van der Waals surface area contributed by atoms with Crippen LogP contribution in [0.2, 0.25) is 0 Å². The average Bonchev–Trinajstić information content (AvgIpc) is 2.26. The molecule has 0 radical (unpaired) electrons. The summed E-state index contributed by atoms with van der Waals surface area (Å²) in [6.07, 6.45) is 3.00. The van der Waals surface area contributed by atoms with Gasteiger partial charge in [-0.05, 0) is 6.07 Å². The molecule has 0 aromatic carbocycles. The van der Waals surface area contributed by atoms with Gasteiger partial charge in [-0.2, -0.15) is 0 Å². The second-order valence-electron chi connectivity index (χ2n) is 3.13. The smallest absolute Gasteiger partial charge is 0.257 e.